The average molecular weight is 386 g/mol. The minimum absolute atomic E-state index is 0.164. The summed E-state index contributed by atoms with van der Waals surface area (Å²) in [4.78, 5) is 2.16. The van der Waals surface area contributed by atoms with Crippen molar-refractivity contribution in [1.82, 2.24) is 0 Å². The monoisotopic (exact) mass is 385 g/mol. The number of benzene rings is 2. The fourth-order valence-corrected chi connectivity index (χ4v) is 3.69. The van der Waals surface area contributed by atoms with Gasteiger partial charge >= 0.3 is 0 Å². The third-order valence-electron chi connectivity index (χ3n) is 4.48. The normalized spacial score (nSPS) is 16.7. The Morgan fingerprint density at radius 1 is 1.12 bits per heavy atom. The van der Waals surface area contributed by atoms with Gasteiger partial charge in [-0.3, -0.25) is 0 Å². The van der Waals surface area contributed by atoms with Gasteiger partial charge in [0.05, 0.1) is 0 Å². The van der Waals surface area contributed by atoms with E-state index in [2.05, 4.69) is 69.9 Å². The van der Waals surface area contributed by atoms with Crippen molar-refractivity contribution >= 4 is 21.6 Å². The second kappa shape index (κ2) is 7.09. The zero-order valence-electron chi connectivity index (χ0n) is 14.0. The van der Waals surface area contributed by atoms with Gasteiger partial charge in [0, 0.05) is 21.9 Å². The molecule has 0 bridgehead atoms. The van der Waals surface area contributed by atoms with Gasteiger partial charge in [0.25, 0.3) is 0 Å². The Morgan fingerprint density at radius 3 is 2.50 bits per heavy atom. The third-order valence-corrected chi connectivity index (χ3v) is 4.98. The highest BCUT2D eigenvalue weighted by Crippen LogP contribution is 2.38. The predicted molar refractivity (Wildman–Crippen MR) is 105 cm³/mol. The van der Waals surface area contributed by atoms with E-state index in [1.54, 1.807) is 0 Å². The first-order valence-electron chi connectivity index (χ1n) is 8.31. The lowest BCUT2D eigenvalue weighted by Gasteiger charge is -2.38. The highest BCUT2D eigenvalue weighted by molar-refractivity contribution is 9.10. The molecular weight excluding hydrogens is 362 g/mol. The molecule has 126 valence electrons. The van der Waals surface area contributed by atoms with Crippen LogP contribution in [0.4, 0.5) is 5.69 Å². The fraction of sp³-hybridized carbons (Fsp3) is 0.300. The summed E-state index contributed by atoms with van der Waals surface area (Å²) >= 11 is 3.55. The number of fused-ring (bicyclic) bond motifs is 1. The van der Waals surface area contributed by atoms with Crippen molar-refractivity contribution in [2.24, 2.45) is 11.5 Å². The molecule has 0 fully saturated rings. The van der Waals surface area contributed by atoms with Crippen LogP contribution in [0.25, 0.3) is 0 Å². The number of rotatable bonds is 4. The molecule has 1 heterocycles. The summed E-state index contributed by atoms with van der Waals surface area (Å²) < 4.78 is 1.10. The molecule has 2 unspecified atom stereocenters. The number of anilines is 1. The number of halogens is 1. The molecule has 0 saturated carbocycles. The van der Waals surface area contributed by atoms with Crippen molar-refractivity contribution < 1.29 is 0 Å². The van der Waals surface area contributed by atoms with Gasteiger partial charge < -0.3 is 16.4 Å². The predicted octanol–water partition coefficient (Wildman–Crippen LogP) is 4.26. The molecule has 0 aliphatic carbocycles. The molecule has 4 N–H and O–H groups in total. The van der Waals surface area contributed by atoms with Crippen LogP contribution in [0.15, 0.2) is 59.2 Å². The quantitative estimate of drug-likeness (QED) is 0.826. The van der Waals surface area contributed by atoms with E-state index in [-0.39, 0.29) is 12.2 Å². The van der Waals surface area contributed by atoms with E-state index in [9.17, 15) is 0 Å². The Labute approximate surface area is 152 Å². The number of hydrogen-bond acceptors (Lipinski definition) is 3. The first kappa shape index (κ1) is 17.2. The van der Waals surface area contributed by atoms with Crippen LogP contribution in [-0.4, -0.2) is 6.04 Å². The Balaban J connectivity index is 1.89. The number of aryl methyl sites for hydroxylation is 1. The fourth-order valence-electron chi connectivity index (χ4n) is 3.28. The molecule has 3 rings (SSSR count). The molecule has 0 aromatic heterocycles. The largest absolute Gasteiger partial charge is 0.328 e. The summed E-state index contributed by atoms with van der Waals surface area (Å²) in [5.74, 6) is 0. The Hall–Kier alpha value is -1.62. The highest BCUT2D eigenvalue weighted by atomic mass is 79.9. The number of allylic oxidation sites excluding steroid dienone is 1. The van der Waals surface area contributed by atoms with Gasteiger partial charge in [0.1, 0.15) is 6.17 Å². The molecule has 3 nitrogen and oxygen atoms in total. The molecule has 0 saturated heterocycles. The van der Waals surface area contributed by atoms with E-state index < -0.39 is 0 Å². The molecule has 0 amide bonds. The maximum absolute atomic E-state index is 6.59. The maximum atomic E-state index is 6.59. The average Bonchev–Trinajstić information content (AvgIpc) is 2.54. The molecular formula is C20H24BrN3. The van der Waals surface area contributed by atoms with Gasteiger partial charge in [-0.25, -0.2) is 0 Å². The van der Waals surface area contributed by atoms with Crippen LogP contribution in [0.5, 0.6) is 0 Å². The standard InChI is InChI=1S/C20H24BrN3/c1-13(22)11-15-4-7-16(8-5-15)20(23)24-14(2)3-6-17-12-18(21)9-10-19(17)24/h4-5,7-10,12-13,20H,2-3,6,11,22-23H2,1H3. The van der Waals surface area contributed by atoms with Gasteiger partial charge in [0.2, 0.25) is 0 Å². The van der Waals surface area contributed by atoms with Crippen molar-refractivity contribution in [2.75, 3.05) is 4.90 Å². The minimum Gasteiger partial charge on any atom is -0.328 e. The van der Waals surface area contributed by atoms with Crippen LogP contribution < -0.4 is 16.4 Å². The minimum atomic E-state index is -0.234. The number of hydrogen-bond donors (Lipinski definition) is 2. The van der Waals surface area contributed by atoms with Gasteiger partial charge in [-0.05, 0) is 61.1 Å². The summed E-state index contributed by atoms with van der Waals surface area (Å²) in [6.45, 7) is 6.26. The number of nitrogens with zero attached hydrogens (tertiary/aromatic N) is 1. The molecule has 2 aromatic rings. The molecule has 1 aliphatic rings. The van der Waals surface area contributed by atoms with Gasteiger partial charge in [-0.2, -0.15) is 0 Å². The lowest BCUT2D eigenvalue weighted by Crippen LogP contribution is -2.36. The topological polar surface area (TPSA) is 55.3 Å². The van der Waals surface area contributed by atoms with E-state index in [1.807, 2.05) is 6.92 Å². The van der Waals surface area contributed by atoms with Gasteiger partial charge in [0.15, 0.2) is 0 Å². The highest BCUT2D eigenvalue weighted by Gasteiger charge is 2.25. The van der Waals surface area contributed by atoms with Gasteiger partial charge in [-0.1, -0.05) is 46.8 Å². The molecule has 4 heteroatoms. The van der Waals surface area contributed by atoms with E-state index in [1.165, 1.54) is 11.1 Å². The summed E-state index contributed by atoms with van der Waals surface area (Å²) in [6.07, 6.45) is 2.58. The molecule has 24 heavy (non-hydrogen) atoms. The second-order valence-corrected chi connectivity index (χ2v) is 7.49. The van der Waals surface area contributed by atoms with Crippen LogP contribution in [0.1, 0.15) is 36.2 Å². The zero-order chi connectivity index (χ0) is 17.3. The van der Waals surface area contributed by atoms with Crippen molar-refractivity contribution in [3.63, 3.8) is 0 Å². The lowest BCUT2D eigenvalue weighted by atomic mass is 9.97. The van der Waals surface area contributed by atoms with Crippen molar-refractivity contribution in [1.29, 1.82) is 0 Å². The summed E-state index contributed by atoms with van der Waals surface area (Å²) in [6, 6.07) is 15.0. The molecule has 0 radical (unpaired) electrons. The Morgan fingerprint density at radius 2 is 1.83 bits per heavy atom. The van der Waals surface area contributed by atoms with Crippen molar-refractivity contribution in [2.45, 2.75) is 38.4 Å². The summed E-state index contributed by atoms with van der Waals surface area (Å²) in [5.41, 5.74) is 18.3. The first-order chi connectivity index (χ1) is 11.5. The molecule has 2 atom stereocenters. The van der Waals surface area contributed by atoms with E-state index >= 15 is 0 Å². The van der Waals surface area contributed by atoms with Crippen LogP contribution in [-0.2, 0) is 12.8 Å². The van der Waals surface area contributed by atoms with Crippen LogP contribution in [0, 0.1) is 0 Å². The van der Waals surface area contributed by atoms with E-state index in [0.717, 1.165) is 40.7 Å². The Bertz CT molecular complexity index is 737. The first-order valence-corrected chi connectivity index (χ1v) is 9.10. The Kier molecular flexibility index (Phi) is 5.09. The smallest absolute Gasteiger partial charge is 0.108 e. The van der Waals surface area contributed by atoms with Gasteiger partial charge in [-0.15, -0.1) is 0 Å². The summed E-state index contributed by atoms with van der Waals surface area (Å²) in [7, 11) is 0. The van der Waals surface area contributed by atoms with Crippen molar-refractivity contribution in [3.05, 3.63) is 75.9 Å². The van der Waals surface area contributed by atoms with Crippen molar-refractivity contribution in [3.8, 4) is 0 Å². The zero-order valence-corrected chi connectivity index (χ0v) is 15.6. The third kappa shape index (κ3) is 3.56. The van der Waals surface area contributed by atoms with E-state index in [0.29, 0.717) is 0 Å². The van der Waals surface area contributed by atoms with E-state index in [4.69, 9.17) is 11.5 Å². The SMILES string of the molecule is C=C1CCc2cc(Br)ccc2N1C(N)c1ccc(CC(C)N)cc1. The molecule has 1 aliphatic heterocycles. The van der Waals surface area contributed by atoms with Crippen LogP contribution >= 0.6 is 15.9 Å². The van der Waals surface area contributed by atoms with Crippen LogP contribution in [0.2, 0.25) is 0 Å². The lowest BCUT2D eigenvalue weighted by molar-refractivity contribution is 0.659. The molecule has 2 aromatic carbocycles. The summed E-state index contributed by atoms with van der Waals surface area (Å²) in [5, 5.41) is 0. The number of nitrogens with two attached hydrogens (primary N) is 2. The maximum Gasteiger partial charge on any atom is 0.108 e. The molecule has 0 spiro atoms. The van der Waals surface area contributed by atoms with Crippen LogP contribution in [0.3, 0.4) is 0 Å². The second-order valence-electron chi connectivity index (χ2n) is 6.58.